The number of nitrogens with zero attached hydrogens (tertiary/aromatic N) is 3. The van der Waals surface area contributed by atoms with Crippen molar-refractivity contribution >= 4 is 29.7 Å². The number of carbonyl (C=O) groups excluding carboxylic acids is 2. The minimum atomic E-state index is -0.553. The van der Waals surface area contributed by atoms with Crippen molar-refractivity contribution in [1.82, 2.24) is 5.32 Å². The van der Waals surface area contributed by atoms with Gasteiger partial charge < -0.3 is 5.32 Å². The quantitative estimate of drug-likeness (QED) is 0.506. The predicted octanol–water partition coefficient (Wildman–Crippen LogP) is -0.840. The number of urea groups is 1. The Kier molecular flexibility index (Phi) is 1.33. The summed E-state index contributed by atoms with van der Waals surface area (Å²) in [5, 5.41) is 2.29. The molecule has 0 bridgehead atoms. The van der Waals surface area contributed by atoms with Gasteiger partial charge in [0.2, 0.25) is 5.78 Å². The molecule has 0 atom stereocenters. The first-order valence-corrected chi connectivity index (χ1v) is 3.28. The van der Waals surface area contributed by atoms with Crippen molar-refractivity contribution in [2.24, 2.45) is 15.0 Å². The zero-order chi connectivity index (χ0) is 8.55. The van der Waals surface area contributed by atoms with Crippen molar-refractivity contribution in [3.63, 3.8) is 0 Å². The average molecular weight is 164 g/mol. The Balaban J connectivity index is 2.46. The fraction of sp³-hybridized carbons (Fsp3) is 0.167. The van der Waals surface area contributed by atoms with E-state index in [2.05, 4.69) is 20.3 Å². The molecule has 2 aliphatic heterocycles. The maximum Gasteiger partial charge on any atom is 0.343 e. The van der Waals surface area contributed by atoms with Gasteiger partial charge in [0.05, 0.1) is 6.54 Å². The molecule has 6 nitrogen and oxygen atoms in total. The van der Waals surface area contributed by atoms with Crippen molar-refractivity contribution in [2.45, 2.75) is 0 Å². The van der Waals surface area contributed by atoms with Crippen molar-refractivity contribution in [3.8, 4) is 0 Å². The molecule has 0 saturated carbocycles. The SMILES string of the molecule is O=C1N=C2N=CN=C2C(=O)CN1. The molecule has 0 aromatic carbocycles. The van der Waals surface area contributed by atoms with E-state index in [9.17, 15) is 9.59 Å². The van der Waals surface area contributed by atoms with Crippen molar-refractivity contribution in [1.29, 1.82) is 0 Å². The number of fused-ring (bicyclic) bond motifs is 1. The predicted molar refractivity (Wildman–Crippen MR) is 41.8 cm³/mol. The molecule has 0 aromatic rings. The monoisotopic (exact) mass is 164 g/mol. The standard InChI is InChI=1S/C6H4N4O2/c11-3-1-7-6(12)10-5-4(3)8-2-9-5/h2H,1H2,(H,7,12). The van der Waals surface area contributed by atoms with Crippen molar-refractivity contribution in [2.75, 3.05) is 6.54 Å². The van der Waals surface area contributed by atoms with E-state index < -0.39 is 6.03 Å². The van der Waals surface area contributed by atoms with E-state index >= 15 is 0 Å². The van der Waals surface area contributed by atoms with E-state index in [4.69, 9.17) is 0 Å². The number of rotatable bonds is 0. The Morgan fingerprint density at radius 2 is 2.25 bits per heavy atom. The highest BCUT2D eigenvalue weighted by molar-refractivity contribution is 6.70. The fourth-order valence-electron chi connectivity index (χ4n) is 0.914. The van der Waals surface area contributed by atoms with Gasteiger partial charge in [0.1, 0.15) is 6.34 Å². The molecular formula is C6H4N4O2. The molecule has 2 amide bonds. The van der Waals surface area contributed by atoms with Gasteiger partial charge in [-0.05, 0) is 0 Å². The second kappa shape index (κ2) is 2.33. The lowest BCUT2D eigenvalue weighted by Gasteiger charge is -1.92. The molecule has 0 aromatic heterocycles. The summed E-state index contributed by atoms with van der Waals surface area (Å²) in [5.74, 6) is -0.160. The second-order valence-corrected chi connectivity index (χ2v) is 2.24. The number of nitrogens with one attached hydrogen (secondary N) is 1. The minimum absolute atomic E-state index is 0.0615. The smallest absolute Gasteiger partial charge is 0.329 e. The highest BCUT2D eigenvalue weighted by Crippen LogP contribution is 1.99. The van der Waals surface area contributed by atoms with Gasteiger partial charge in [-0.3, -0.25) is 4.79 Å². The van der Waals surface area contributed by atoms with Crippen LogP contribution in [0, 0.1) is 0 Å². The van der Waals surface area contributed by atoms with E-state index in [0.717, 1.165) is 0 Å². The van der Waals surface area contributed by atoms with E-state index in [1.165, 1.54) is 6.34 Å². The summed E-state index contributed by atoms with van der Waals surface area (Å²) in [7, 11) is 0. The first-order valence-electron chi connectivity index (χ1n) is 3.28. The Morgan fingerprint density at radius 1 is 1.42 bits per heavy atom. The zero-order valence-electron chi connectivity index (χ0n) is 5.94. The summed E-state index contributed by atoms with van der Waals surface area (Å²) >= 11 is 0. The summed E-state index contributed by atoms with van der Waals surface area (Å²) in [6, 6.07) is -0.553. The molecule has 0 unspecified atom stereocenters. The normalized spacial score (nSPS) is 21.0. The zero-order valence-corrected chi connectivity index (χ0v) is 5.94. The third-order valence-electron chi connectivity index (χ3n) is 1.45. The van der Waals surface area contributed by atoms with Gasteiger partial charge >= 0.3 is 6.03 Å². The fourth-order valence-corrected chi connectivity index (χ4v) is 0.914. The molecule has 0 saturated heterocycles. The van der Waals surface area contributed by atoms with Gasteiger partial charge in [0.15, 0.2) is 11.5 Å². The Labute approximate surface area is 67.1 Å². The molecule has 0 spiro atoms. The Morgan fingerprint density at radius 3 is 3.08 bits per heavy atom. The number of Topliss-reactive ketones (excluding diaryl/α,β-unsaturated/α-hetero) is 1. The van der Waals surface area contributed by atoms with Crippen molar-refractivity contribution in [3.05, 3.63) is 0 Å². The maximum absolute atomic E-state index is 11.1. The molecule has 1 N–H and O–H groups in total. The summed E-state index contributed by atoms with van der Waals surface area (Å²) in [6.07, 6.45) is 1.21. The molecule has 60 valence electrons. The lowest BCUT2D eigenvalue weighted by atomic mass is 10.2. The summed E-state index contributed by atoms with van der Waals surface area (Å²) in [6.45, 7) is -0.0615. The highest BCUT2D eigenvalue weighted by atomic mass is 16.2. The van der Waals surface area contributed by atoms with Crippen LogP contribution in [0.1, 0.15) is 0 Å². The van der Waals surface area contributed by atoms with Crippen LogP contribution in [-0.4, -0.2) is 36.2 Å². The molecule has 2 rings (SSSR count). The number of hydrogen-bond donors (Lipinski definition) is 1. The Hall–Kier alpha value is -1.85. The molecule has 0 aliphatic carbocycles. The third-order valence-corrected chi connectivity index (χ3v) is 1.45. The summed E-state index contributed by atoms with van der Waals surface area (Å²) < 4.78 is 0. The number of aliphatic imine (C=N–C) groups is 3. The average Bonchev–Trinajstić information content (AvgIpc) is 2.44. The number of amides is 2. The van der Waals surface area contributed by atoms with Gasteiger partial charge in [0.25, 0.3) is 0 Å². The molecule has 12 heavy (non-hydrogen) atoms. The molecule has 0 fully saturated rings. The lowest BCUT2D eigenvalue weighted by molar-refractivity contribution is -0.111. The van der Waals surface area contributed by atoms with Crippen LogP contribution in [0.15, 0.2) is 15.0 Å². The van der Waals surface area contributed by atoms with E-state index in [-0.39, 0.29) is 23.9 Å². The number of ketones is 1. The Bertz CT molecular complexity index is 353. The van der Waals surface area contributed by atoms with Crippen LogP contribution < -0.4 is 5.32 Å². The number of carbonyl (C=O) groups is 2. The van der Waals surface area contributed by atoms with E-state index in [1.807, 2.05) is 0 Å². The second-order valence-electron chi connectivity index (χ2n) is 2.24. The largest absolute Gasteiger partial charge is 0.343 e. The van der Waals surface area contributed by atoms with Gasteiger partial charge in [-0.25, -0.2) is 14.8 Å². The van der Waals surface area contributed by atoms with Crippen LogP contribution in [0.3, 0.4) is 0 Å². The van der Waals surface area contributed by atoms with Crippen LogP contribution in [0.25, 0.3) is 0 Å². The van der Waals surface area contributed by atoms with Gasteiger partial charge in [-0.1, -0.05) is 0 Å². The van der Waals surface area contributed by atoms with E-state index in [0.29, 0.717) is 0 Å². The van der Waals surface area contributed by atoms with Crippen LogP contribution in [0.2, 0.25) is 0 Å². The van der Waals surface area contributed by atoms with Crippen LogP contribution in [0.4, 0.5) is 4.79 Å². The minimum Gasteiger partial charge on any atom is -0.329 e. The van der Waals surface area contributed by atoms with Gasteiger partial charge in [0, 0.05) is 0 Å². The van der Waals surface area contributed by atoms with Crippen LogP contribution >= 0.6 is 0 Å². The molecule has 0 radical (unpaired) electrons. The van der Waals surface area contributed by atoms with Gasteiger partial charge in [-0.2, -0.15) is 4.99 Å². The van der Waals surface area contributed by atoms with Crippen LogP contribution in [-0.2, 0) is 4.79 Å². The maximum atomic E-state index is 11.1. The summed E-state index contributed by atoms with van der Waals surface area (Å²) in [4.78, 5) is 32.8. The van der Waals surface area contributed by atoms with Crippen LogP contribution in [0.5, 0.6) is 0 Å². The first-order chi connectivity index (χ1) is 5.77. The topological polar surface area (TPSA) is 83.2 Å². The molecule has 2 aliphatic rings. The van der Waals surface area contributed by atoms with Crippen molar-refractivity contribution < 1.29 is 9.59 Å². The van der Waals surface area contributed by atoms with Gasteiger partial charge in [-0.15, -0.1) is 0 Å². The third kappa shape index (κ3) is 0.931. The summed E-state index contributed by atoms with van der Waals surface area (Å²) in [5.41, 5.74) is 0.161. The lowest BCUT2D eigenvalue weighted by Crippen LogP contribution is -2.28. The van der Waals surface area contributed by atoms with E-state index in [1.54, 1.807) is 0 Å². The first kappa shape index (κ1) is 6.84. The molecule has 2 heterocycles. The molecular weight excluding hydrogens is 160 g/mol. The highest BCUT2D eigenvalue weighted by Gasteiger charge is 2.24. The molecule has 6 heteroatoms. The number of hydrogen-bond acceptors (Lipinski definition) is 4. The number of amidine groups is 1.